The zero-order valence-corrected chi connectivity index (χ0v) is 9.63. The number of hydrogen-bond acceptors (Lipinski definition) is 2. The molecule has 1 aliphatic rings. The van der Waals surface area contributed by atoms with Crippen molar-refractivity contribution in [2.24, 2.45) is 11.7 Å². The number of halogens is 1. The zero-order chi connectivity index (χ0) is 11.5. The molecule has 0 atom stereocenters. The van der Waals surface area contributed by atoms with Gasteiger partial charge < -0.3 is 10.5 Å². The maximum absolute atomic E-state index is 13.4. The van der Waals surface area contributed by atoms with Gasteiger partial charge in [0.15, 0.2) is 0 Å². The highest BCUT2D eigenvalue weighted by atomic mass is 19.1. The van der Waals surface area contributed by atoms with Crippen LogP contribution in [-0.2, 0) is 6.42 Å². The molecule has 0 aromatic heterocycles. The van der Waals surface area contributed by atoms with Crippen molar-refractivity contribution in [1.82, 2.24) is 0 Å². The molecule has 0 amide bonds. The molecule has 0 spiro atoms. The first kappa shape index (κ1) is 11.4. The van der Waals surface area contributed by atoms with E-state index in [0.29, 0.717) is 24.4 Å². The van der Waals surface area contributed by atoms with Crippen LogP contribution in [0.25, 0.3) is 0 Å². The van der Waals surface area contributed by atoms with Crippen LogP contribution in [0.5, 0.6) is 5.75 Å². The first-order valence-corrected chi connectivity index (χ1v) is 5.82. The zero-order valence-electron chi connectivity index (χ0n) is 9.63. The van der Waals surface area contributed by atoms with E-state index in [1.165, 1.54) is 12.8 Å². The minimum Gasteiger partial charge on any atom is -0.493 e. The van der Waals surface area contributed by atoms with Crippen molar-refractivity contribution in [2.75, 3.05) is 13.2 Å². The van der Waals surface area contributed by atoms with E-state index in [1.807, 2.05) is 0 Å². The Hall–Kier alpha value is -1.09. The van der Waals surface area contributed by atoms with Gasteiger partial charge in [0.1, 0.15) is 11.6 Å². The van der Waals surface area contributed by atoms with Gasteiger partial charge in [-0.2, -0.15) is 0 Å². The molecule has 2 nitrogen and oxygen atoms in total. The Labute approximate surface area is 95.6 Å². The number of nitrogens with two attached hydrogens (primary N) is 1. The molecule has 88 valence electrons. The van der Waals surface area contributed by atoms with E-state index in [1.54, 1.807) is 19.1 Å². The third-order valence-corrected chi connectivity index (χ3v) is 2.93. The summed E-state index contributed by atoms with van der Waals surface area (Å²) in [7, 11) is 0. The molecule has 0 aliphatic heterocycles. The van der Waals surface area contributed by atoms with Crippen LogP contribution in [0.4, 0.5) is 4.39 Å². The summed E-state index contributed by atoms with van der Waals surface area (Å²) < 4.78 is 19.1. The molecule has 0 heterocycles. The lowest BCUT2D eigenvalue weighted by molar-refractivity contribution is 0.296. The van der Waals surface area contributed by atoms with E-state index in [9.17, 15) is 4.39 Å². The van der Waals surface area contributed by atoms with Gasteiger partial charge in [-0.05, 0) is 61.9 Å². The smallest absolute Gasteiger partial charge is 0.126 e. The predicted octanol–water partition coefficient (Wildman–Crippen LogP) is 2.42. The summed E-state index contributed by atoms with van der Waals surface area (Å²) in [5.74, 6) is 1.33. The number of ether oxygens (including phenoxy) is 1. The number of benzene rings is 1. The molecule has 1 aromatic rings. The molecule has 0 saturated heterocycles. The molecule has 1 aromatic carbocycles. The monoisotopic (exact) mass is 223 g/mol. The summed E-state index contributed by atoms with van der Waals surface area (Å²) in [5, 5.41) is 0. The summed E-state index contributed by atoms with van der Waals surface area (Å²) in [6.45, 7) is 3.02. The fourth-order valence-electron chi connectivity index (χ4n) is 1.67. The van der Waals surface area contributed by atoms with Crippen LogP contribution >= 0.6 is 0 Å². The summed E-state index contributed by atoms with van der Waals surface area (Å²) in [6.07, 6.45) is 3.18. The van der Waals surface area contributed by atoms with Gasteiger partial charge in [0.05, 0.1) is 6.61 Å². The van der Waals surface area contributed by atoms with Gasteiger partial charge in [0.25, 0.3) is 0 Å². The Balaban J connectivity index is 2.14. The van der Waals surface area contributed by atoms with Gasteiger partial charge >= 0.3 is 0 Å². The standard InChI is InChI=1S/C13H18FNO/c1-9-6-13(16-8-10-2-3-10)11(4-5-15)7-12(9)14/h6-7,10H,2-5,8,15H2,1H3. The van der Waals surface area contributed by atoms with Crippen molar-refractivity contribution >= 4 is 0 Å². The largest absolute Gasteiger partial charge is 0.493 e. The molecule has 16 heavy (non-hydrogen) atoms. The second-order valence-corrected chi connectivity index (χ2v) is 4.50. The van der Waals surface area contributed by atoms with E-state index in [2.05, 4.69) is 0 Å². The van der Waals surface area contributed by atoms with Crippen LogP contribution in [0.1, 0.15) is 24.0 Å². The highest BCUT2D eigenvalue weighted by molar-refractivity contribution is 5.38. The Morgan fingerprint density at radius 2 is 2.19 bits per heavy atom. The first-order chi connectivity index (χ1) is 7.70. The molecule has 0 radical (unpaired) electrons. The van der Waals surface area contributed by atoms with Crippen LogP contribution < -0.4 is 10.5 Å². The maximum atomic E-state index is 13.4. The summed E-state index contributed by atoms with van der Waals surface area (Å²) in [5.41, 5.74) is 7.02. The molecule has 0 bridgehead atoms. The molecule has 0 unspecified atom stereocenters. The van der Waals surface area contributed by atoms with Crippen molar-refractivity contribution in [3.05, 3.63) is 29.1 Å². The second-order valence-electron chi connectivity index (χ2n) is 4.50. The van der Waals surface area contributed by atoms with Crippen molar-refractivity contribution in [3.8, 4) is 5.75 Å². The molecule has 2 rings (SSSR count). The highest BCUT2D eigenvalue weighted by Crippen LogP contribution is 2.31. The van der Waals surface area contributed by atoms with Gasteiger partial charge in [-0.15, -0.1) is 0 Å². The fraction of sp³-hybridized carbons (Fsp3) is 0.538. The van der Waals surface area contributed by atoms with Crippen LogP contribution in [0.15, 0.2) is 12.1 Å². The van der Waals surface area contributed by atoms with Crippen molar-refractivity contribution in [2.45, 2.75) is 26.2 Å². The lowest BCUT2D eigenvalue weighted by atomic mass is 10.1. The summed E-state index contributed by atoms with van der Waals surface area (Å²) in [4.78, 5) is 0. The van der Waals surface area contributed by atoms with Crippen molar-refractivity contribution < 1.29 is 9.13 Å². The van der Waals surface area contributed by atoms with E-state index >= 15 is 0 Å². The van der Waals surface area contributed by atoms with Gasteiger partial charge in [0.2, 0.25) is 0 Å². The van der Waals surface area contributed by atoms with Crippen molar-refractivity contribution in [3.63, 3.8) is 0 Å². The Morgan fingerprint density at radius 1 is 1.44 bits per heavy atom. The molecule has 1 aliphatic carbocycles. The molecule has 1 saturated carbocycles. The third kappa shape index (κ3) is 2.73. The number of aryl methyl sites for hydroxylation is 1. The molecule has 2 N–H and O–H groups in total. The highest BCUT2D eigenvalue weighted by Gasteiger charge is 2.22. The van der Waals surface area contributed by atoms with Crippen molar-refractivity contribution in [1.29, 1.82) is 0 Å². The molecular weight excluding hydrogens is 205 g/mol. The van der Waals surface area contributed by atoms with Gasteiger partial charge in [0, 0.05) is 0 Å². The minimum atomic E-state index is -0.178. The normalized spacial score (nSPS) is 15.2. The van der Waals surface area contributed by atoms with Crippen LogP contribution in [0.2, 0.25) is 0 Å². The van der Waals surface area contributed by atoms with E-state index in [4.69, 9.17) is 10.5 Å². The Kier molecular flexibility index (Phi) is 3.44. The molecule has 1 fully saturated rings. The number of hydrogen-bond donors (Lipinski definition) is 1. The maximum Gasteiger partial charge on any atom is 0.126 e. The van der Waals surface area contributed by atoms with Gasteiger partial charge in [-0.3, -0.25) is 0 Å². The molecule has 3 heteroatoms. The minimum absolute atomic E-state index is 0.178. The number of rotatable bonds is 5. The average molecular weight is 223 g/mol. The van der Waals surface area contributed by atoms with E-state index in [-0.39, 0.29) is 5.82 Å². The lowest BCUT2D eigenvalue weighted by Gasteiger charge is -2.12. The van der Waals surface area contributed by atoms with Gasteiger partial charge in [-0.25, -0.2) is 4.39 Å². The lowest BCUT2D eigenvalue weighted by Crippen LogP contribution is -2.08. The average Bonchev–Trinajstić information content (AvgIpc) is 3.05. The SMILES string of the molecule is Cc1cc(OCC2CC2)c(CCN)cc1F. The van der Waals surface area contributed by atoms with Gasteiger partial charge in [-0.1, -0.05) is 0 Å². The second kappa shape index (κ2) is 4.83. The fourth-order valence-corrected chi connectivity index (χ4v) is 1.67. The Bertz CT molecular complexity index is 374. The topological polar surface area (TPSA) is 35.2 Å². The third-order valence-electron chi connectivity index (χ3n) is 2.93. The molecular formula is C13H18FNO. The van der Waals surface area contributed by atoms with E-state index < -0.39 is 0 Å². The summed E-state index contributed by atoms with van der Waals surface area (Å²) >= 11 is 0. The van der Waals surface area contributed by atoms with Crippen LogP contribution in [0, 0.1) is 18.7 Å². The van der Waals surface area contributed by atoms with Crippen LogP contribution in [-0.4, -0.2) is 13.2 Å². The van der Waals surface area contributed by atoms with E-state index in [0.717, 1.165) is 17.9 Å². The first-order valence-electron chi connectivity index (χ1n) is 5.82. The Morgan fingerprint density at radius 3 is 2.81 bits per heavy atom. The predicted molar refractivity (Wildman–Crippen MR) is 62.1 cm³/mol. The quantitative estimate of drug-likeness (QED) is 0.832. The summed E-state index contributed by atoms with van der Waals surface area (Å²) in [6, 6.07) is 3.33. The van der Waals surface area contributed by atoms with Crippen LogP contribution in [0.3, 0.4) is 0 Å².